The van der Waals surface area contributed by atoms with Gasteiger partial charge in [-0.15, -0.1) is 0 Å². The molecule has 4 nitrogen and oxygen atoms in total. The molecule has 0 saturated heterocycles. The largest absolute Gasteiger partial charge is 0.478 e. The van der Waals surface area contributed by atoms with Crippen molar-refractivity contribution in [2.75, 3.05) is 26.8 Å². The molecular weight excluding hydrogens is 261 g/mol. The van der Waals surface area contributed by atoms with E-state index in [1.54, 1.807) is 13.2 Å². The van der Waals surface area contributed by atoms with Crippen LogP contribution in [0.25, 0.3) is 0 Å². The van der Waals surface area contributed by atoms with Gasteiger partial charge in [0.25, 0.3) is 0 Å². The van der Waals surface area contributed by atoms with Crippen molar-refractivity contribution in [2.24, 2.45) is 5.92 Å². The van der Waals surface area contributed by atoms with Crippen LogP contribution < -0.4 is 0 Å². The molecule has 1 aromatic carbocycles. The van der Waals surface area contributed by atoms with Crippen LogP contribution >= 0.6 is 0 Å². The van der Waals surface area contributed by atoms with Gasteiger partial charge in [0.15, 0.2) is 0 Å². The molecule has 112 valence electrons. The van der Waals surface area contributed by atoms with Crippen molar-refractivity contribution in [2.45, 2.75) is 20.4 Å². The number of carboxylic acid groups (broad SMARTS) is 1. The second-order valence-electron chi connectivity index (χ2n) is 5.24. The van der Waals surface area contributed by atoms with Crippen LogP contribution in [0, 0.1) is 11.7 Å². The Labute approximate surface area is 119 Å². The molecule has 1 N–H and O–H groups in total. The van der Waals surface area contributed by atoms with Gasteiger partial charge in [0.1, 0.15) is 5.82 Å². The van der Waals surface area contributed by atoms with Crippen molar-refractivity contribution in [1.82, 2.24) is 4.90 Å². The number of carbonyl (C=O) groups is 1. The number of nitrogens with zero attached hydrogens (tertiary/aromatic N) is 1. The molecule has 0 saturated carbocycles. The highest BCUT2D eigenvalue weighted by molar-refractivity contribution is 5.88. The van der Waals surface area contributed by atoms with E-state index in [-0.39, 0.29) is 5.56 Å². The highest BCUT2D eigenvalue weighted by Gasteiger charge is 2.13. The number of hydrogen-bond acceptors (Lipinski definition) is 3. The van der Waals surface area contributed by atoms with Crippen molar-refractivity contribution in [3.63, 3.8) is 0 Å². The maximum absolute atomic E-state index is 13.4. The van der Waals surface area contributed by atoms with E-state index in [0.717, 1.165) is 18.7 Å². The smallest absolute Gasteiger partial charge is 0.338 e. The van der Waals surface area contributed by atoms with E-state index in [1.807, 2.05) is 0 Å². The summed E-state index contributed by atoms with van der Waals surface area (Å²) >= 11 is 0. The fraction of sp³-hybridized carbons (Fsp3) is 0.533. The van der Waals surface area contributed by atoms with Gasteiger partial charge in [-0.3, -0.25) is 4.90 Å². The lowest BCUT2D eigenvalue weighted by Crippen LogP contribution is -2.30. The Balaban J connectivity index is 2.81. The molecule has 0 unspecified atom stereocenters. The minimum Gasteiger partial charge on any atom is -0.478 e. The average molecular weight is 283 g/mol. The summed E-state index contributed by atoms with van der Waals surface area (Å²) in [6.07, 6.45) is 0. The third kappa shape index (κ3) is 5.27. The Hall–Kier alpha value is -1.46. The van der Waals surface area contributed by atoms with Crippen molar-refractivity contribution in [3.8, 4) is 0 Å². The van der Waals surface area contributed by atoms with Gasteiger partial charge >= 0.3 is 5.97 Å². The lowest BCUT2D eigenvalue weighted by atomic mass is 10.1. The summed E-state index contributed by atoms with van der Waals surface area (Å²) in [7, 11) is 1.65. The molecule has 5 heteroatoms. The second kappa shape index (κ2) is 7.97. The van der Waals surface area contributed by atoms with Gasteiger partial charge in [-0.05, 0) is 23.6 Å². The maximum atomic E-state index is 13.4. The topological polar surface area (TPSA) is 49.8 Å². The summed E-state index contributed by atoms with van der Waals surface area (Å²) in [6.45, 7) is 7.07. The molecule has 1 aromatic rings. The van der Waals surface area contributed by atoms with Crippen molar-refractivity contribution < 1.29 is 19.0 Å². The third-order valence-electron chi connectivity index (χ3n) is 2.90. The zero-order valence-electron chi connectivity index (χ0n) is 12.2. The van der Waals surface area contributed by atoms with Crippen molar-refractivity contribution in [1.29, 1.82) is 0 Å². The molecule has 0 aromatic heterocycles. The summed E-state index contributed by atoms with van der Waals surface area (Å²) in [4.78, 5) is 13.1. The molecule has 0 bridgehead atoms. The third-order valence-corrected chi connectivity index (χ3v) is 2.90. The minimum atomic E-state index is -1.24. The van der Waals surface area contributed by atoms with Gasteiger partial charge in [-0.2, -0.15) is 0 Å². The number of benzene rings is 1. The zero-order valence-corrected chi connectivity index (χ0v) is 12.2. The molecular formula is C15H22FNO3. The second-order valence-corrected chi connectivity index (χ2v) is 5.24. The summed E-state index contributed by atoms with van der Waals surface area (Å²) in [5, 5.41) is 8.94. The molecule has 0 spiro atoms. The van der Waals surface area contributed by atoms with Crippen molar-refractivity contribution >= 4 is 5.97 Å². The number of halogens is 1. The van der Waals surface area contributed by atoms with Gasteiger partial charge in [-0.25, -0.2) is 9.18 Å². The van der Waals surface area contributed by atoms with Gasteiger partial charge in [-0.1, -0.05) is 19.9 Å². The van der Waals surface area contributed by atoms with E-state index in [1.165, 1.54) is 12.1 Å². The van der Waals surface area contributed by atoms with E-state index in [4.69, 9.17) is 9.84 Å². The number of ether oxygens (including phenoxy) is 1. The molecule has 0 aliphatic rings. The lowest BCUT2D eigenvalue weighted by molar-refractivity contribution is 0.0691. The monoisotopic (exact) mass is 283 g/mol. The molecule has 0 aliphatic carbocycles. The van der Waals surface area contributed by atoms with Crippen molar-refractivity contribution in [3.05, 3.63) is 35.1 Å². The van der Waals surface area contributed by atoms with Crippen LogP contribution in [0.3, 0.4) is 0 Å². The fourth-order valence-electron chi connectivity index (χ4n) is 2.06. The summed E-state index contributed by atoms with van der Waals surface area (Å²) in [6, 6.07) is 4.24. The van der Waals surface area contributed by atoms with Crippen LogP contribution in [-0.2, 0) is 11.3 Å². The SMILES string of the molecule is COCCN(Cc1ccc(F)c(C(=O)O)c1)CC(C)C. The maximum Gasteiger partial charge on any atom is 0.338 e. The van der Waals surface area contributed by atoms with Gasteiger partial charge in [0, 0.05) is 26.7 Å². The fourth-order valence-corrected chi connectivity index (χ4v) is 2.06. The summed E-state index contributed by atoms with van der Waals surface area (Å²) in [5.74, 6) is -1.45. The van der Waals surface area contributed by atoms with E-state index in [2.05, 4.69) is 18.7 Å². The average Bonchev–Trinajstić information content (AvgIpc) is 2.37. The Kier molecular flexibility index (Phi) is 6.61. The molecule has 0 aliphatic heterocycles. The highest BCUT2D eigenvalue weighted by Crippen LogP contribution is 2.13. The first-order chi connectivity index (χ1) is 9.43. The summed E-state index contributed by atoms with van der Waals surface area (Å²) in [5.41, 5.74) is 0.513. The number of rotatable bonds is 8. The molecule has 0 fully saturated rings. The molecule has 20 heavy (non-hydrogen) atoms. The molecule has 1 rings (SSSR count). The predicted molar refractivity (Wildman–Crippen MR) is 75.4 cm³/mol. The number of hydrogen-bond donors (Lipinski definition) is 1. The Morgan fingerprint density at radius 2 is 2.15 bits per heavy atom. The van der Waals surface area contributed by atoms with E-state index in [9.17, 15) is 9.18 Å². The molecule has 0 atom stereocenters. The molecule has 0 heterocycles. The van der Waals surface area contributed by atoms with Crippen LogP contribution in [0.4, 0.5) is 4.39 Å². The van der Waals surface area contributed by atoms with E-state index < -0.39 is 11.8 Å². The highest BCUT2D eigenvalue weighted by atomic mass is 19.1. The molecule has 0 radical (unpaired) electrons. The minimum absolute atomic E-state index is 0.279. The predicted octanol–water partition coefficient (Wildman–Crippen LogP) is 2.63. The first-order valence-electron chi connectivity index (χ1n) is 6.67. The number of carboxylic acids is 1. The number of methoxy groups -OCH3 is 1. The van der Waals surface area contributed by atoms with E-state index >= 15 is 0 Å². The van der Waals surface area contributed by atoms with Crippen LogP contribution in [0.5, 0.6) is 0 Å². The standard InChI is InChI=1S/C15H22FNO3/c1-11(2)9-17(6-7-20-3)10-12-4-5-14(16)13(8-12)15(18)19/h4-5,8,11H,6-7,9-10H2,1-3H3,(H,18,19). The zero-order chi connectivity index (χ0) is 15.1. The quantitative estimate of drug-likeness (QED) is 0.797. The molecule has 0 amide bonds. The van der Waals surface area contributed by atoms with Gasteiger partial charge < -0.3 is 9.84 Å². The van der Waals surface area contributed by atoms with Crippen LogP contribution in [0.15, 0.2) is 18.2 Å². The van der Waals surface area contributed by atoms with E-state index in [0.29, 0.717) is 19.1 Å². The first kappa shape index (κ1) is 16.6. The first-order valence-corrected chi connectivity index (χ1v) is 6.67. The lowest BCUT2D eigenvalue weighted by Gasteiger charge is -2.24. The Morgan fingerprint density at radius 1 is 1.45 bits per heavy atom. The number of aromatic carboxylic acids is 1. The summed E-state index contributed by atoms with van der Waals surface area (Å²) < 4.78 is 18.4. The van der Waals surface area contributed by atoms with Gasteiger partial charge in [0.05, 0.1) is 12.2 Å². The van der Waals surface area contributed by atoms with Crippen LogP contribution in [0.1, 0.15) is 29.8 Å². The van der Waals surface area contributed by atoms with Crippen LogP contribution in [0.2, 0.25) is 0 Å². The Bertz CT molecular complexity index is 449. The Morgan fingerprint density at radius 3 is 2.70 bits per heavy atom. The normalized spacial score (nSPS) is 11.3. The van der Waals surface area contributed by atoms with Crippen LogP contribution in [-0.4, -0.2) is 42.8 Å². The van der Waals surface area contributed by atoms with Gasteiger partial charge in [0.2, 0.25) is 0 Å².